The molecular weight excluding hydrogens is 380 g/mol. The molecular formula is C23H22N4O3. The zero-order valence-corrected chi connectivity index (χ0v) is 16.9. The normalized spacial score (nSPS) is 11.0. The van der Waals surface area contributed by atoms with Crippen molar-refractivity contribution in [1.29, 1.82) is 0 Å². The van der Waals surface area contributed by atoms with Crippen LogP contribution in [0.3, 0.4) is 0 Å². The Balaban J connectivity index is 1.55. The van der Waals surface area contributed by atoms with E-state index in [1.165, 1.54) is 10.9 Å². The van der Waals surface area contributed by atoms with E-state index in [1.807, 2.05) is 62.4 Å². The SMILES string of the molecule is CCc1ccccc1NC(=O)CCn1cnc2onc(-c3ccc(C)cc3)c2c1=O. The van der Waals surface area contributed by atoms with Gasteiger partial charge in [-0.15, -0.1) is 0 Å². The highest BCUT2D eigenvalue weighted by atomic mass is 16.5. The van der Waals surface area contributed by atoms with Crippen molar-refractivity contribution in [2.45, 2.75) is 33.2 Å². The lowest BCUT2D eigenvalue weighted by molar-refractivity contribution is -0.116. The molecule has 0 unspecified atom stereocenters. The number of nitrogens with zero attached hydrogens (tertiary/aromatic N) is 3. The van der Waals surface area contributed by atoms with E-state index in [2.05, 4.69) is 15.5 Å². The number of rotatable bonds is 6. The largest absolute Gasteiger partial charge is 0.335 e. The van der Waals surface area contributed by atoms with Gasteiger partial charge in [0.15, 0.2) is 0 Å². The second kappa shape index (κ2) is 8.32. The number of benzene rings is 2. The van der Waals surface area contributed by atoms with E-state index in [4.69, 9.17) is 4.52 Å². The molecule has 0 aliphatic heterocycles. The van der Waals surface area contributed by atoms with Crippen molar-refractivity contribution in [2.75, 3.05) is 5.32 Å². The molecule has 7 heteroatoms. The Labute approximate surface area is 173 Å². The molecule has 0 radical (unpaired) electrons. The van der Waals surface area contributed by atoms with Gasteiger partial charge in [-0.2, -0.15) is 0 Å². The molecule has 0 saturated heterocycles. The molecule has 0 atom stereocenters. The number of hydrogen-bond donors (Lipinski definition) is 1. The fourth-order valence-corrected chi connectivity index (χ4v) is 3.33. The van der Waals surface area contributed by atoms with Crippen molar-refractivity contribution < 1.29 is 9.32 Å². The van der Waals surface area contributed by atoms with E-state index in [0.717, 1.165) is 28.8 Å². The van der Waals surface area contributed by atoms with Crippen molar-refractivity contribution in [3.8, 4) is 11.3 Å². The van der Waals surface area contributed by atoms with Crippen LogP contribution in [0.1, 0.15) is 24.5 Å². The molecule has 0 fully saturated rings. The molecule has 4 rings (SSSR count). The molecule has 2 heterocycles. The molecule has 1 N–H and O–H groups in total. The van der Waals surface area contributed by atoms with Gasteiger partial charge in [0.25, 0.3) is 11.3 Å². The summed E-state index contributed by atoms with van der Waals surface area (Å²) in [5.74, 6) is -0.160. The van der Waals surface area contributed by atoms with Crippen LogP contribution >= 0.6 is 0 Å². The third kappa shape index (κ3) is 3.87. The average Bonchev–Trinajstić information content (AvgIpc) is 3.19. The van der Waals surface area contributed by atoms with Gasteiger partial charge >= 0.3 is 0 Å². The third-order valence-corrected chi connectivity index (χ3v) is 5.04. The minimum atomic E-state index is -0.279. The summed E-state index contributed by atoms with van der Waals surface area (Å²) in [6.45, 7) is 4.24. The molecule has 0 aliphatic rings. The number of hydrogen-bond acceptors (Lipinski definition) is 5. The van der Waals surface area contributed by atoms with Gasteiger partial charge in [-0.1, -0.05) is 60.1 Å². The average molecular weight is 402 g/mol. The molecule has 0 aliphatic carbocycles. The maximum Gasteiger partial charge on any atom is 0.266 e. The maximum absolute atomic E-state index is 13.0. The number of para-hydroxylation sites is 1. The van der Waals surface area contributed by atoms with Gasteiger partial charge in [0.1, 0.15) is 17.4 Å². The van der Waals surface area contributed by atoms with Crippen LogP contribution in [-0.4, -0.2) is 20.6 Å². The van der Waals surface area contributed by atoms with Gasteiger partial charge in [-0.3, -0.25) is 14.2 Å². The Hall–Kier alpha value is -3.74. The molecule has 4 aromatic rings. The Morgan fingerprint density at radius 2 is 1.90 bits per heavy atom. The summed E-state index contributed by atoms with van der Waals surface area (Å²) in [4.78, 5) is 29.6. The highest BCUT2D eigenvalue weighted by molar-refractivity contribution is 5.91. The van der Waals surface area contributed by atoms with Crippen LogP contribution in [0.25, 0.3) is 22.4 Å². The highest BCUT2D eigenvalue weighted by Gasteiger charge is 2.17. The van der Waals surface area contributed by atoms with Gasteiger partial charge in [0.05, 0.1) is 0 Å². The van der Waals surface area contributed by atoms with E-state index in [0.29, 0.717) is 11.1 Å². The van der Waals surface area contributed by atoms with Crippen LogP contribution in [0.15, 0.2) is 64.2 Å². The quantitative estimate of drug-likeness (QED) is 0.527. The summed E-state index contributed by atoms with van der Waals surface area (Å²) in [6, 6.07) is 15.4. The first-order chi connectivity index (χ1) is 14.6. The van der Waals surface area contributed by atoms with Crippen LogP contribution < -0.4 is 10.9 Å². The van der Waals surface area contributed by atoms with Crippen molar-refractivity contribution in [2.24, 2.45) is 0 Å². The topological polar surface area (TPSA) is 90.0 Å². The summed E-state index contributed by atoms with van der Waals surface area (Å²) >= 11 is 0. The van der Waals surface area contributed by atoms with Gasteiger partial charge < -0.3 is 9.84 Å². The van der Waals surface area contributed by atoms with Crippen LogP contribution in [-0.2, 0) is 17.8 Å². The monoisotopic (exact) mass is 402 g/mol. The minimum absolute atomic E-state index is 0.149. The Bertz CT molecular complexity index is 1260. The third-order valence-electron chi connectivity index (χ3n) is 5.04. The lowest BCUT2D eigenvalue weighted by Gasteiger charge is -2.10. The number of carbonyl (C=O) groups is 1. The number of anilines is 1. The van der Waals surface area contributed by atoms with Gasteiger partial charge in [0.2, 0.25) is 5.91 Å². The van der Waals surface area contributed by atoms with Crippen LogP contribution in [0, 0.1) is 6.92 Å². The molecule has 0 spiro atoms. The highest BCUT2D eigenvalue weighted by Crippen LogP contribution is 2.24. The van der Waals surface area contributed by atoms with Crippen molar-refractivity contribution in [3.63, 3.8) is 0 Å². The number of carbonyl (C=O) groups excluding carboxylic acids is 1. The second-order valence-corrected chi connectivity index (χ2v) is 7.13. The van der Waals surface area contributed by atoms with E-state index in [-0.39, 0.29) is 30.1 Å². The first-order valence-corrected chi connectivity index (χ1v) is 9.86. The second-order valence-electron chi connectivity index (χ2n) is 7.13. The van der Waals surface area contributed by atoms with Crippen LogP contribution in [0.2, 0.25) is 0 Å². The lowest BCUT2D eigenvalue weighted by Crippen LogP contribution is -2.23. The number of aryl methyl sites for hydroxylation is 3. The molecule has 0 saturated carbocycles. The predicted octanol–water partition coefficient (Wildman–Crippen LogP) is 3.95. The molecule has 30 heavy (non-hydrogen) atoms. The van der Waals surface area contributed by atoms with E-state index in [1.54, 1.807) is 0 Å². The van der Waals surface area contributed by atoms with Crippen molar-refractivity contribution in [1.82, 2.24) is 14.7 Å². The van der Waals surface area contributed by atoms with E-state index >= 15 is 0 Å². The number of fused-ring (bicyclic) bond motifs is 1. The summed E-state index contributed by atoms with van der Waals surface area (Å²) in [5.41, 5.74) is 4.12. The van der Waals surface area contributed by atoms with Gasteiger partial charge in [0, 0.05) is 24.2 Å². The maximum atomic E-state index is 13.0. The minimum Gasteiger partial charge on any atom is -0.335 e. The van der Waals surface area contributed by atoms with Gasteiger partial charge in [-0.05, 0) is 25.0 Å². The van der Waals surface area contributed by atoms with Crippen molar-refractivity contribution in [3.05, 3.63) is 76.3 Å². The zero-order valence-electron chi connectivity index (χ0n) is 16.9. The lowest BCUT2D eigenvalue weighted by atomic mass is 10.1. The summed E-state index contributed by atoms with van der Waals surface area (Å²) in [6.07, 6.45) is 2.37. The Kier molecular flexibility index (Phi) is 5.43. The summed E-state index contributed by atoms with van der Waals surface area (Å²) in [7, 11) is 0. The first kappa shape index (κ1) is 19.6. The number of nitrogens with one attached hydrogen (secondary N) is 1. The predicted molar refractivity (Wildman–Crippen MR) is 115 cm³/mol. The molecule has 2 aromatic carbocycles. The number of amides is 1. The Morgan fingerprint density at radius 1 is 1.13 bits per heavy atom. The fraction of sp³-hybridized carbons (Fsp3) is 0.217. The van der Waals surface area contributed by atoms with E-state index < -0.39 is 0 Å². The van der Waals surface area contributed by atoms with Crippen LogP contribution in [0.4, 0.5) is 5.69 Å². The molecule has 7 nitrogen and oxygen atoms in total. The number of aromatic nitrogens is 3. The Morgan fingerprint density at radius 3 is 2.67 bits per heavy atom. The fourth-order valence-electron chi connectivity index (χ4n) is 3.33. The van der Waals surface area contributed by atoms with Crippen LogP contribution in [0.5, 0.6) is 0 Å². The first-order valence-electron chi connectivity index (χ1n) is 9.86. The molecule has 2 aromatic heterocycles. The molecule has 152 valence electrons. The smallest absolute Gasteiger partial charge is 0.266 e. The van der Waals surface area contributed by atoms with Crippen molar-refractivity contribution >= 4 is 22.7 Å². The summed E-state index contributed by atoms with van der Waals surface area (Å²) < 4.78 is 6.67. The molecule has 1 amide bonds. The van der Waals surface area contributed by atoms with Gasteiger partial charge in [-0.25, -0.2) is 4.98 Å². The molecule has 0 bridgehead atoms. The van der Waals surface area contributed by atoms with E-state index in [9.17, 15) is 9.59 Å². The summed E-state index contributed by atoms with van der Waals surface area (Å²) in [5, 5.41) is 7.28. The standard InChI is InChI=1S/C23H22N4O3/c1-3-16-6-4-5-7-18(16)25-19(28)12-13-27-14-24-22-20(23(27)29)21(26-30-22)17-10-8-15(2)9-11-17/h4-11,14H,3,12-13H2,1-2H3,(H,25,28). The zero-order chi connectivity index (χ0) is 21.1.